The highest BCUT2D eigenvalue weighted by Gasteiger charge is 2.10. The maximum Gasteiger partial charge on any atom is 0.226 e. The van der Waals surface area contributed by atoms with Crippen LogP contribution < -0.4 is 14.8 Å². The van der Waals surface area contributed by atoms with E-state index in [-0.39, 0.29) is 12.3 Å². The number of aromatic nitrogens is 1. The fourth-order valence-electron chi connectivity index (χ4n) is 2.93. The van der Waals surface area contributed by atoms with Gasteiger partial charge < -0.3 is 14.8 Å². The predicted molar refractivity (Wildman–Crippen MR) is 117 cm³/mol. The van der Waals surface area contributed by atoms with Gasteiger partial charge in [0.2, 0.25) is 5.91 Å². The molecule has 3 rings (SSSR count). The molecule has 1 aromatic heterocycles. The summed E-state index contributed by atoms with van der Waals surface area (Å²) in [5.74, 6) is 1.47. The van der Waals surface area contributed by atoms with Crippen molar-refractivity contribution in [1.29, 1.82) is 0 Å². The van der Waals surface area contributed by atoms with E-state index in [4.69, 9.17) is 9.47 Å². The van der Waals surface area contributed by atoms with Crippen LogP contribution in [0.1, 0.15) is 25.1 Å². The molecule has 0 aliphatic carbocycles. The van der Waals surface area contributed by atoms with Crippen LogP contribution in [0, 0.1) is 0 Å². The van der Waals surface area contributed by atoms with Crippen molar-refractivity contribution in [3.8, 4) is 22.1 Å². The lowest BCUT2D eigenvalue weighted by Gasteiger charge is -2.12. The average molecular weight is 411 g/mol. The third-order valence-corrected chi connectivity index (χ3v) is 5.20. The van der Waals surface area contributed by atoms with Crippen LogP contribution >= 0.6 is 11.3 Å². The van der Waals surface area contributed by atoms with Crippen LogP contribution in [0.2, 0.25) is 0 Å². The van der Waals surface area contributed by atoms with Gasteiger partial charge in [0.1, 0.15) is 5.01 Å². The molecule has 1 amide bonds. The lowest BCUT2D eigenvalue weighted by Crippen LogP contribution is -2.27. The number of nitrogens with zero attached hydrogens (tertiary/aromatic N) is 1. The molecule has 0 saturated carbocycles. The molecule has 0 aliphatic rings. The Morgan fingerprint density at radius 3 is 2.55 bits per heavy atom. The summed E-state index contributed by atoms with van der Waals surface area (Å²) in [7, 11) is 0. The predicted octanol–water partition coefficient (Wildman–Crippen LogP) is 4.51. The van der Waals surface area contributed by atoms with Crippen molar-refractivity contribution in [2.24, 2.45) is 0 Å². The molecule has 0 atom stereocenters. The normalized spacial score (nSPS) is 10.6. The first-order chi connectivity index (χ1) is 14.2. The zero-order valence-corrected chi connectivity index (χ0v) is 17.6. The second-order valence-electron chi connectivity index (χ2n) is 6.43. The van der Waals surface area contributed by atoms with Crippen molar-refractivity contribution in [1.82, 2.24) is 10.3 Å². The molecule has 3 aromatic rings. The number of rotatable bonds is 10. The number of amides is 1. The van der Waals surface area contributed by atoms with Crippen molar-refractivity contribution in [3.63, 3.8) is 0 Å². The van der Waals surface area contributed by atoms with Gasteiger partial charge in [-0.3, -0.25) is 4.79 Å². The zero-order valence-electron chi connectivity index (χ0n) is 16.8. The van der Waals surface area contributed by atoms with Crippen molar-refractivity contribution < 1.29 is 14.3 Å². The summed E-state index contributed by atoms with van der Waals surface area (Å²) in [6.07, 6.45) is 1.02. The third kappa shape index (κ3) is 6.06. The molecule has 0 spiro atoms. The molecule has 2 aromatic carbocycles. The largest absolute Gasteiger partial charge is 0.490 e. The number of thiazole rings is 1. The monoisotopic (exact) mass is 410 g/mol. The van der Waals surface area contributed by atoms with Gasteiger partial charge in [-0.05, 0) is 38.0 Å². The number of carbonyl (C=O) groups excluding carboxylic acids is 1. The van der Waals surface area contributed by atoms with Gasteiger partial charge >= 0.3 is 0 Å². The Hall–Kier alpha value is -2.86. The lowest BCUT2D eigenvalue weighted by atomic mass is 10.1. The summed E-state index contributed by atoms with van der Waals surface area (Å²) in [4.78, 5) is 16.8. The van der Waals surface area contributed by atoms with Crippen molar-refractivity contribution in [2.75, 3.05) is 19.8 Å². The minimum Gasteiger partial charge on any atom is -0.490 e. The number of nitrogens with one attached hydrogen (secondary N) is 1. The molecule has 0 fully saturated rings. The van der Waals surface area contributed by atoms with E-state index >= 15 is 0 Å². The molecular weight excluding hydrogens is 384 g/mol. The second-order valence-corrected chi connectivity index (χ2v) is 7.29. The third-order valence-electron chi connectivity index (χ3n) is 4.26. The van der Waals surface area contributed by atoms with Crippen LogP contribution in [-0.2, 0) is 17.6 Å². The number of hydrogen-bond donors (Lipinski definition) is 1. The molecule has 1 N–H and O–H groups in total. The summed E-state index contributed by atoms with van der Waals surface area (Å²) < 4.78 is 11.2. The second kappa shape index (κ2) is 10.6. The summed E-state index contributed by atoms with van der Waals surface area (Å²) in [5.41, 5.74) is 2.97. The molecule has 6 heteroatoms. The fraction of sp³-hybridized carbons (Fsp3) is 0.304. The van der Waals surface area contributed by atoms with E-state index in [0.717, 1.165) is 39.7 Å². The maximum absolute atomic E-state index is 12.3. The van der Waals surface area contributed by atoms with E-state index < -0.39 is 0 Å². The fourth-order valence-corrected chi connectivity index (χ4v) is 3.75. The molecule has 0 saturated heterocycles. The standard InChI is InChI=1S/C23H26N2O3S/c1-3-27-20-11-10-17(14-21(20)28-4-2)12-13-24-22(26)15-19-16-29-23(25-19)18-8-6-5-7-9-18/h5-11,14,16H,3-4,12-13,15H2,1-2H3,(H,24,26). The highest BCUT2D eigenvalue weighted by atomic mass is 32.1. The van der Waals surface area contributed by atoms with E-state index in [1.165, 1.54) is 0 Å². The van der Waals surface area contributed by atoms with Gasteiger partial charge in [0, 0.05) is 17.5 Å². The van der Waals surface area contributed by atoms with Gasteiger partial charge in [-0.15, -0.1) is 11.3 Å². The quantitative estimate of drug-likeness (QED) is 0.534. The molecule has 152 valence electrons. The molecular formula is C23H26N2O3S. The molecule has 29 heavy (non-hydrogen) atoms. The highest BCUT2D eigenvalue weighted by Crippen LogP contribution is 2.28. The Bertz CT molecular complexity index is 925. The number of hydrogen-bond acceptors (Lipinski definition) is 5. The summed E-state index contributed by atoms with van der Waals surface area (Å²) in [6.45, 7) is 5.64. The molecule has 0 bridgehead atoms. The van der Waals surface area contributed by atoms with Gasteiger partial charge in [0.15, 0.2) is 11.5 Å². The minimum absolute atomic E-state index is 0.0223. The van der Waals surface area contributed by atoms with Gasteiger partial charge in [0.05, 0.1) is 25.3 Å². The molecule has 1 heterocycles. The smallest absolute Gasteiger partial charge is 0.226 e. The number of ether oxygens (including phenoxy) is 2. The Kier molecular flexibility index (Phi) is 7.64. The first kappa shape index (κ1) is 20.9. The van der Waals surface area contributed by atoms with E-state index in [2.05, 4.69) is 10.3 Å². The van der Waals surface area contributed by atoms with E-state index in [1.807, 2.05) is 67.8 Å². The van der Waals surface area contributed by atoms with Gasteiger partial charge in [0.25, 0.3) is 0 Å². The summed E-state index contributed by atoms with van der Waals surface area (Å²) >= 11 is 1.56. The van der Waals surface area contributed by atoms with Crippen LogP contribution in [0.15, 0.2) is 53.9 Å². The number of benzene rings is 2. The van der Waals surface area contributed by atoms with E-state index in [0.29, 0.717) is 19.8 Å². The first-order valence-corrected chi connectivity index (χ1v) is 10.7. The van der Waals surface area contributed by atoms with E-state index in [9.17, 15) is 4.79 Å². The Labute approximate surface area is 175 Å². The molecule has 0 unspecified atom stereocenters. The van der Waals surface area contributed by atoms with Crippen LogP contribution in [0.25, 0.3) is 10.6 Å². The van der Waals surface area contributed by atoms with Crippen molar-refractivity contribution >= 4 is 17.2 Å². The van der Waals surface area contributed by atoms with Crippen LogP contribution in [0.4, 0.5) is 0 Å². The highest BCUT2D eigenvalue weighted by molar-refractivity contribution is 7.13. The Morgan fingerprint density at radius 2 is 1.79 bits per heavy atom. The van der Waals surface area contributed by atoms with E-state index in [1.54, 1.807) is 11.3 Å². The summed E-state index contributed by atoms with van der Waals surface area (Å²) in [6, 6.07) is 15.9. The maximum atomic E-state index is 12.3. The Morgan fingerprint density at radius 1 is 1.03 bits per heavy atom. The lowest BCUT2D eigenvalue weighted by molar-refractivity contribution is -0.120. The molecule has 0 radical (unpaired) electrons. The van der Waals surface area contributed by atoms with Crippen LogP contribution in [0.5, 0.6) is 11.5 Å². The van der Waals surface area contributed by atoms with Crippen molar-refractivity contribution in [3.05, 3.63) is 65.2 Å². The van der Waals surface area contributed by atoms with Gasteiger partial charge in [-0.25, -0.2) is 4.98 Å². The zero-order chi connectivity index (χ0) is 20.5. The van der Waals surface area contributed by atoms with Crippen LogP contribution in [-0.4, -0.2) is 30.6 Å². The van der Waals surface area contributed by atoms with Crippen LogP contribution in [0.3, 0.4) is 0 Å². The first-order valence-electron chi connectivity index (χ1n) is 9.84. The van der Waals surface area contributed by atoms with Gasteiger partial charge in [-0.1, -0.05) is 36.4 Å². The minimum atomic E-state index is -0.0223. The molecule has 0 aliphatic heterocycles. The topological polar surface area (TPSA) is 60.5 Å². The van der Waals surface area contributed by atoms with Gasteiger partial charge in [-0.2, -0.15) is 0 Å². The average Bonchev–Trinajstić information content (AvgIpc) is 3.19. The SMILES string of the molecule is CCOc1ccc(CCNC(=O)Cc2csc(-c3ccccc3)n2)cc1OCC. The molecule has 5 nitrogen and oxygen atoms in total. The number of carbonyl (C=O) groups is 1. The Balaban J connectivity index is 1.50. The summed E-state index contributed by atoms with van der Waals surface area (Å²) in [5, 5.41) is 5.86. The van der Waals surface area contributed by atoms with Crippen molar-refractivity contribution in [2.45, 2.75) is 26.7 Å².